The second-order valence-electron chi connectivity index (χ2n) is 18.1. The summed E-state index contributed by atoms with van der Waals surface area (Å²) in [5, 5.41) is 1.83. The third-order valence-corrected chi connectivity index (χ3v) is 16.4. The standard InChI is InChI=1S/C47H62N4O9Si/c1-34-30-51(43(53)48-42(34)52)41-29-39(40(58-41)33-57-61(47(5,6)7,37-22-13-9-14-23-37)38-24-15-10-16-25-38)59-45(55)56-28-27-49(31-35-19-11-8-12-20-35)32-36-21-17-18-26-50(36)44(54)60-46(2,3)4/h8-16,19-20,22-25,30,36,39-41H,17-18,21,26-29,31-33H2,1-7H3,(H,48,52,53)/t36-,39?,40?,41?/m0/s1. The predicted molar refractivity (Wildman–Crippen MR) is 237 cm³/mol. The third kappa shape index (κ3) is 11.5. The highest BCUT2D eigenvalue weighted by atomic mass is 28.4. The molecule has 14 heteroatoms. The van der Waals surface area contributed by atoms with Crippen LogP contribution < -0.4 is 21.6 Å². The molecule has 3 heterocycles. The number of hydrogen-bond donors (Lipinski definition) is 1. The minimum atomic E-state index is -3.03. The van der Waals surface area contributed by atoms with Crippen molar-refractivity contribution in [3.8, 4) is 0 Å². The molecule has 0 spiro atoms. The van der Waals surface area contributed by atoms with Gasteiger partial charge in [-0.25, -0.2) is 14.4 Å². The lowest BCUT2D eigenvalue weighted by Gasteiger charge is -2.43. The van der Waals surface area contributed by atoms with E-state index >= 15 is 0 Å². The number of aromatic amines is 1. The maximum Gasteiger partial charge on any atom is 0.508 e. The Balaban J connectivity index is 1.20. The predicted octanol–water partition coefficient (Wildman–Crippen LogP) is 6.52. The van der Waals surface area contributed by atoms with Crippen molar-refractivity contribution >= 4 is 30.9 Å². The average molecular weight is 855 g/mol. The Hall–Kier alpha value is -5.02. The molecule has 4 aromatic rings. The zero-order valence-corrected chi connectivity index (χ0v) is 37.6. The normalized spacial score (nSPS) is 19.8. The summed E-state index contributed by atoms with van der Waals surface area (Å²) >= 11 is 0. The van der Waals surface area contributed by atoms with E-state index in [4.69, 9.17) is 23.4 Å². The number of ether oxygens (including phenoxy) is 4. The van der Waals surface area contributed by atoms with Gasteiger partial charge in [-0.1, -0.05) is 112 Å². The number of piperidine rings is 1. The SMILES string of the molecule is Cc1cn(C2CC(OC(=O)OCCN(Cc3ccccc3)C[C@@H]3CCCCN3C(=O)OC(C)(C)C)C(CO[Si](c3ccccc3)(c3ccccc3)C(C)(C)C)O2)c(=O)[nH]c1=O. The molecule has 1 N–H and O–H groups in total. The minimum absolute atomic E-state index is 0.0314. The van der Waals surface area contributed by atoms with Crippen LogP contribution in [0, 0.1) is 6.92 Å². The van der Waals surface area contributed by atoms with Gasteiger partial charge in [0.2, 0.25) is 0 Å². The Morgan fingerprint density at radius 2 is 1.51 bits per heavy atom. The van der Waals surface area contributed by atoms with Gasteiger partial charge in [-0.05, 0) is 67.9 Å². The first kappa shape index (κ1) is 45.5. The summed E-state index contributed by atoms with van der Waals surface area (Å²) in [5.41, 5.74) is -0.283. The van der Waals surface area contributed by atoms with Crippen LogP contribution >= 0.6 is 0 Å². The first-order chi connectivity index (χ1) is 29.0. The van der Waals surface area contributed by atoms with Gasteiger partial charge in [-0.3, -0.25) is 19.2 Å². The number of hydrogen-bond acceptors (Lipinski definition) is 10. The topological polar surface area (TPSA) is 142 Å². The zero-order chi connectivity index (χ0) is 43.8. The second-order valence-corrected chi connectivity index (χ2v) is 22.4. The van der Waals surface area contributed by atoms with Gasteiger partial charge in [0, 0.05) is 50.4 Å². The van der Waals surface area contributed by atoms with E-state index in [1.165, 1.54) is 10.8 Å². The summed E-state index contributed by atoms with van der Waals surface area (Å²) < 4.78 is 32.7. The van der Waals surface area contributed by atoms with Gasteiger partial charge in [-0.2, -0.15) is 0 Å². The number of aryl methyl sites for hydroxylation is 1. The molecule has 328 valence electrons. The van der Waals surface area contributed by atoms with Crippen LogP contribution in [0.4, 0.5) is 9.59 Å². The Morgan fingerprint density at radius 1 is 0.885 bits per heavy atom. The van der Waals surface area contributed by atoms with Crippen molar-refractivity contribution in [2.45, 2.75) is 116 Å². The fourth-order valence-electron chi connectivity index (χ4n) is 8.46. The highest BCUT2D eigenvalue weighted by Crippen LogP contribution is 2.38. The molecule has 2 aliphatic rings. The van der Waals surface area contributed by atoms with Crippen molar-refractivity contribution in [2.75, 3.05) is 32.8 Å². The Bertz CT molecular complexity index is 2130. The first-order valence-electron chi connectivity index (χ1n) is 21.4. The fraction of sp³-hybridized carbons (Fsp3) is 0.489. The van der Waals surface area contributed by atoms with Crippen LogP contribution in [0.3, 0.4) is 0 Å². The summed E-state index contributed by atoms with van der Waals surface area (Å²) in [7, 11) is -3.03. The largest absolute Gasteiger partial charge is 0.508 e. The van der Waals surface area contributed by atoms with Gasteiger partial charge in [0.15, 0.2) is 0 Å². The number of amides is 1. The molecule has 61 heavy (non-hydrogen) atoms. The molecule has 6 rings (SSSR count). The lowest BCUT2D eigenvalue weighted by molar-refractivity contribution is -0.0554. The van der Waals surface area contributed by atoms with E-state index < -0.39 is 49.8 Å². The van der Waals surface area contributed by atoms with Crippen molar-refractivity contribution in [2.24, 2.45) is 0 Å². The molecule has 2 saturated heterocycles. The Labute approximate surface area is 360 Å². The van der Waals surface area contributed by atoms with Gasteiger partial charge in [0.05, 0.1) is 6.61 Å². The number of rotatable bonds is 14. The number of aromatic nitrogens is 2. The lowest BCUT2D eigenvalue weighted by atomic mass is 10.0. The maximum absolute atomic E-state index is 13.6. The van der Waals surface area contributed by atoms with Crippen LogP contribution in [0.1, 0.15) is 84.6 Å². The Morgan fingerprint density at radius 3 is 2.11 bits per heavy atom. The smallest absolute Gasteiger partial charge is 0.444 e. The van der Waals surface area contributed by atoms with E-state index in [0.717, 1.165) is 35.2 Å². The number of carbonyl (C=O) groups is 2. The molecule has 1 aromatic heterocycles. The summed E-state index contributed by atoms with van der Waals surface area (Å²) in [6.07, 6.45) is 0.672. The van der Waals surface area contributed by atoms with Gasteiger partial charge in [-0.15, -0.1) is 0 Å². The molecule has 3 unspecified atom stereocenters. The number of nitrogens with one attached hydrogen (secondary N) is 1. The fourth-order valence-corrected chi connectivity index (χ4v) is 13.0. The lowest BCUT2D eigenvalue weighted by Crippen LogP contribution is -2.67. The van der Waals surface area contributed by atoms with Crippen LogP contribution in [0.25, 0.3) is 0 Å². The summed E-state index contributed by atoms with van der Waals surface area (Å²) in [4.78, 5) is 58.6. The maximum atomic E-state index is 13.6. The third-order valence-electron chi connectivity index (χ3n) is 11.4. The van der Waals surface area contributed by atoms with Crippen molar-refractivity contribution in [3.05, 3.63) is 129 Å². The molecule has 0 aliphatic carbocycles. The van der Waals surface area contributed by atoms with Crippen molar-refractivity contribution in [1.29, 1.82) is 0 Å². The zero-order valence-electron chi connectivity index (χ0n) is 36.6. The number of benzene rings is 3. The molecule has 2 aliphatic heterocycles. The highest BCUT2D eigenvalue weighted by Gasteiger charge is 2.52. The highest BCUT2D eigenvalue weighted by molar-refractivity contribution is 6.99. The molecule has 1 amide bonds. The number of nitrogens with zero attached hydrogens (tertiary/aromatic N) is 3. The average Bonchev–Trinajstić information content (AvgIpc) is 3.61. The van der Waals surface area contributed by atoms with Crippen LogP contribution in [-0.2, 0) is 29.9 Å². The summed E-state index contributed by atoms with van der Waals surface area (Å²) in [5.74, 6) is 0. The minimum Gasteiger partial charge on any atom is -0.444 e. The number of H-pyrrole nitrogens is 1. The first-order valence-corrected chi connectivity index (χ1v) is 23.3. The Kier molecular flexibility index (Phi) is 14.8. The van der Waals surface area contributed by atoms with E-state index in [2.05, 4.69) is 67.1 Å². The van der Waals surface area contributed by atoms with Crippen LogP contribution in [0.15, 0.2) is 107 Å². The molecule has 0 radical (unpaired) electrons. The molecule has 2 fully saturated rings. The molecular formula is C47H62N4O9Si. The molecule has 3 aromatic carbocycles. The molecule has 0 saturated carbocycles. The van der Waals surface area contributed by atoms with Gasteiger partial charge in [0.1, 0.15) is 30.6 Å². The van der Waals surface area contributed by atoms with Gasteiger partial charge < -0.3 is 28.3 Å². The van der Waals surface area contributed by atoms with E-state index in [-0.39, 0.29) is 36.8 Å². The van der Waals surface area contributed by atoms with Crippen molar-refractivity contribution < 1.29 is 33.0 Å². The second kappa shape index (κ2) is 19.8. The van der Waals surface area contributed by atoms with Gasteiger partial charge in [0.25, 0.3) is 13.9 Å². The van der Waals surface area contributed by atoms with E-state index in [1.54, 1.807) is 6.92 Å². The number of likely N-dealkylation sites (tertiary alicyclic amines) is 1. The van der Waals surface area contributed by atoms with E-state index in [0.29, 0.717) is 31.7 Å². The molecule has 13 nitrogen and oxygen atoms in total. The van der Waals surface area contributed by atoms with Crippen molar-refractivity contribution in [3.63, 3.8) is 0 Å². The van der Waals surface area contributed by atoms with E-state index in [9.17, 15) is 19.2 Å². The number of carbonyl (C=O) groups excluding carboxylic acids is 2. The van der Waals surface area contributed by atoms with Crippen LogP contribution in [0.5, 0.6) is 0 Å². The summed E-state index contributed by atoms with van der Waals surface area (Å²) in [6, 6.07) is 30.4. The van der Waals surface area contributed by atoms with Crippen LogP contribution in [-0.4, -0.2) is 96.6 Å². The molecule has 0 bridgehead atoms. The summed E-state index contributed by atoms with van der Waals surface area (Å²) in [6.45, 7) is 16.0. The van der Waals surface area contributed by atoms with Gasteiger partial charge >= 0.3 is 17.9 Å². The molecular weight excluding hydrogens is 793 g/mol. The van der Waals surface area contributed by atoms with Crippen molar-refractivity contribution in [1.82, 2.24) is 19.4 Å². The quantitative estimate of drug-likeness (QED) is 0.110. The van der Waals surface area contributed by atoms with E-state index in [1.807, 2.05) is 80.3 Å². The molecule has 4 atom stereocenters. The van der Waals surface area contributed by atoms with Crippen LogP contribution in [0.2, 0.25) is 5.04 Å². The monoisotopic (exact) mass is 854 g/mol.